The van der Waals surface area contributed by atoms with Gasteiger partial charge in [-0.25, -0.2) is 0 Å². The van der Waals surface area contributed by atoms with Gasteiger partial charge >= 0.3 is 0 Å². The molecule has 0 bridgehead atoms. The Hall–Kier alpha value is -3.25. The molecular formula is C45H45NO3S. The molecule has 5 aliphatic carbocycles. The number of rotatable bonds is 1. The Kier molecular flexibility index (Phi) is 6.07. The Morgan fingerprint density at radius 1 is 0.840 bits per heavy atom. The number of allylic oxidation sites excluding steroid dienone is 1. The number of benzene rings is 4. The molecule has 4 aromatic carbocycles. The van der Waals surface area contributed by atoms with Crippen LogP contribution in [0.1, 0.15) is 86.2 Å². The molecule has 4 nitrogen and oxygen atoms in total. The maximum atomic E-state index is 16.5. The standard InChI is InChI=1S/C45H45NO3S/c1-42-20-18-29(47)22-28(42)16-17-32-34(42)19-21-43(2)36(32)23-44(41(43)49)39(31-13-5-9-26-8-3-4-12-30(26)31)37-24-50-25-46(37)45(44)35-15-7-11-27-10-6-14-33(38(27)35)40(45)48/h3-16,29,32,34,36-37,39,47H,17-25H2,1-2H3/t29-,32+,34-,36-,37-,39-,42-,43-,44-,45-/m0/s1. The zero-order valence-electron chi connectivity index (χ0n) is 29.0. The topological polar surface area (TPSA) is 57.6 Å². The molecule has 10 atom stereocenters. The molecule has 5 fully saturated rings. The van der Waals surface area contributed by atoms with E-state index in [2.05, 4.69) is 91.6 Å². The predicted molar refractivity (Wildman–Crippen MR) is 200 cm³/mol. The maximum absolute atomic E-state index is 16.5. The Morgan fingerprint density at radius 3 is 2.48 bits per heavy atom. The van der Waals surface area contributed by atoms with Gasteiger partial charge in [-0.05, 0) is 101 Å². The summed E-state index contributed by atoms with van der Waals surface area (Å²) >= 11 is 1.93. The van der Waals surface area contributed by atoms with Gasteiger partial charge in [0.25, 0.3) is 0 Å². The molecule has 2 saturated heterocycles. The predicted octanol–water partition coefficient (Wildman–Crippen LogP) is 9.05. The van der Waals surface area contributed by atoms with E-state index in [1.807, 2.05) is 23.9 Å². The molecule has 2 aliphatic heterocycles. The number of fused-ring (bicyclic) bond motifs is 10. The van der Waals surface area contributed by atoms with Gasteiger partial charge in [-0.3, -0.25) is 14.5 Å². The van der Waals surface area contributed by atoms with Crippen LogP contribution < -0.4 is 0 Å². The molecule has 2 spiro atoms. The van der Waals surface area contributed by atoms with Crippen LogP contribution in [0.3, 0.4) is 0 Å². The monoisotopic (exact) mass is 679 g/mol. The average Bonchev–Trinajstić information content (AvgIpc) is 3.83. The molecule has 7 aliphatic rings. The lowest BCUT2D eigenvalue weighted by molar-refractivity contribution is -0.141. The summed E-state index contributed by atoms with van der Waals surface area (Å²) in [6.07, 6.45) is 8.58. The minimum atomic E-state index is -1.03. The third-order valence-electron chi connectivity index (χ3n) is 15.9. The molecule has 4 aromatic rings. The second-order valence-corrected chi connectivity index (χ2v) is 18.4. The van der Waals surface area contributed by atoms with Crippen molar-refractivity contribution in [2.24, 2.45) is 34.0 Å². The molecule has 0 radical (unpaired) electrons. The van der Waals surface area contributed by atoms with E-state index < -0.39 is 16.4 Å². The molecule has 0 amide bonds. The lowest BCUT2D eigenvalue weighted by Crippen LogP contribution is -2.58. The van der Waals surface area contributed by atoms with Crippen molar-refractivity contribution < 1.29 is 14.7 Å². The fourth-order valence-electron chi connectivity index (χ4n) is 13.9. The summed E-state index contributed by atoms with van der Waals surface area (Å²) in [7, 11) is 0. The van der Waals surface area contributed by atoms with E-state index in [4.69, 9.17) is 0 Å². The van der Waals surface area contributed by atoms with Gasteiger partial charge in [-0.1, -0.05) is 104 Å². The largest absolute Gasteiger partial charge is 0.393 e. The first kappa shape index (κ1) is 30.4. The number of hydrogen-bond donors (Lipinski definition) is 1. The summed E-state index contributed by atoms with van der Waals surface area (Å²) < 4.78 is 0. The number of aliphatic hydroxyl groups is 1. The number of thioether (sulfide) groups is 1. The van der Waals surface area contributed by atoms with Gasteiger partial charge in [0.1, 0.15) is 11.3 Å². The van der Waals surface area contributed by atoms with E-state index in [-0.39, 0.29) is 35.2 Å². The van der Waals surface area contributed by atoms with Crippen molar-refractivity contribution in [3.8, 4) is 0 Å². The lowest BCUT2D eigenvalue weighted by atomic mass is 9.48. The van der Waals surface area contributed by atoms with Crippen molar-refractivity contribution in [1.82, 2.24) is 4.90 Å². The summed E-state index contributed by atoms with van der Waals surface area (Å²) in [6.45, 7) is 4.79. The summed E-state index contributed by atoms with van der Waals surface area (Å²) in [4.78, 5) is 34.8. The molecule has 3 saturated carbocycles. The van der Waals surface area contributed by atoms with Crippen molar-refractivity contribution >= 4 is 44.9 Å². The Morgan fingerprint density at radius 2 is 1.60 bits per heavy atom. The normalized spacial score (nSPS) is 41.5. The van der Waals surface area contributed by atoms with Crippen molar-refractivity contribution in [3.05, 3.63) is 107 Å². The number of carbonyl (C=O) groups is 2. The van der Waals surface area contributed by atoms with Gasteiger partial charge in [-0.2, -0.15) is 0 Å². The third kappa shape index (κ3) is 3.31. The van der Waals surface area contributed by atoms with Crippen LogP contribution in [0.4, 0.5) is 0 Å². The highest BCUT2D eigenvalue weighted by Crippen LogP contribution is 2.78. The van der Waals surface area contributed by atoms with E-state index in [0.717, 1.165) is 78.5 Å². The van der Waals surface area contributed by atoms with Crippen LogP contribution in [0.5, 0.6) is 0 Å². The van der Waals surface area contributed by atoms with Crippen LogP contribution in [-0.4, -0.2) is 45.3 Å². The number of carbonyl (C=O) groups excluding carboxylic acids is 2. The fraction of sp³-hybridized carbons (Fsp3) is 0.467. The molecule has 11 rings (SSSR count). The Bertz CT molecular complexity index is 2200. The van der Waals surface area contributed by atoms with Crippen LogP contribution in [-0.2, 0) is 10.3 Å². The number of nitrogens with zero attached hydrogens (tertiary/aromatic N) is 1. The smallest absolute Gasteiger partial charge is 0.189 e. The summed E-state index contributed by atoms with van der Waals surface area (Å²) in [5.41, 5.74) is 2.24. The number of Topliss-reactive ketones (excluding diaryl/α,β-unsaturated/α-hetero) is 2. The lowest BCUT2D eigenvalue weighted by Gasteiger charge is -2.56. The molecule has 50 heavy (non-hydrogen) atoms. The molecule has 0 aromatic heterocycles. The second kappa shape index (κ2) is 9.99. The summed E-state index contributed by atoms with van der Waals surface area (Å²) in [5.74, 6) is 3.20. The van der Waals surface area contributed by atoms with Crippen LogP contribution >= 0.6 is 11.8 Å². The van der Waals surface area contributed by atoms with Crippen LogP contribution in [0.2, 0.25) is 0 Å². The van der Waals surface area contributed by atoms with Gasteiger partial charge in [-0.15, -0.1) is 11.8 Å². The minimum absolute atomic E-state index is 0.0757. The molecule has 1 N–H and O–H groups in total. The number of hydrogen-bond acceptors (Lipinski definition) is 5. The van der Waals surface area contributed by atoms with Gasteiger partial charge in [0.05, 0.1) is 11.5 Å². The number of aliphatic hydroxyl groups excluding tert-OH is 1. The van der Waals surface area contributed by atoms with Gasteiger partial charge < -0.3 is 5.11 Å². The van der Waals surface area contributed by atoms with Crippen LogP contribution in [0.15, 0.2) is 90.5 Å². The van der Waals surface area contributed by atoms with Crippen molar-refractivity contribution in [1.29, 1.82) is 0 Å². The quantitative estimate of drug-likeness (QED) is 0.204. The Balaban J connectivity index is 1.19. The average molecular weight is 680 g/mol. The van der Waals surface area contributed by atoms with Gasteiger partial charge in [0, 0.05) is 34.6 Å². The van der Waals surface area contributed by atoms with E-state index in [1.165, 1.54) is 21.9 Å². The molecule has 254 valence electrons. The minimum Gasteiger partial charge on any atom is -0.393 e. The molecule has 2 heterocycles. The summed E-state index contributed by atoms with van der Waals surface area (Å²) in [5, 5.41) is 15.3. The van der Waals surface area contributed by atoms with E-state index in [1.54, 1.807) is 0 Å². The third-order valence-corrected chi connectivity index (χ3v) is 16.9. The first-order chi connectivity index (χ1) is 24.2. The second-order valence-electron chi connectivity index (χ2n) is 17.4. The molecule has 5 heteroatoms. The SMILES string of the molecule is C[C@]12CC[C@H](O)CC1=CC[C@@H]1[C@@H]2CC[C@]2(C)C(=O)[C@]3(C[C@@H]12)[C@@H](c1cccc2ccccc12)[C@@H]1CSCN1[C@@]31C(=O)c2cccc3cccc1c23. The fourth-order valence-corrected chi connectivity index (χ4v) is 15.2. The van der Waals surface area contributed by atoms with Crippen LogP contribution in [0, 0.1) is 34.0 Å². The zero-order chi connectivity index (χ0) is 33.8. The Labute approximate surface area is 298 Å². The highest BCUT2D eigenvalue weighted by molar-refractivity contribution is 7.99. The first-order valence-electron chi connectivity index (χ1n) is 19.1. The van der Waals surface area contributed by atoms with Gasteiger partial charge in [0.15, 0.2) is 5.78 Å². The molecular weight excluding hydrogens is 635 g/mol. The van der Waals surface area contributed by atoms with Gasteiger partial charge in [0.2, 0.25) is 0 Å². The summed E-state index contributed by atoms with van der Waals surface area (Å²) in [6, 6.07) is 28.2. The highest BCUT2D eigenvalue weighted by Gasteiger charge is 2.82. The van der Waals surface area contributed by atoms with Crippen LogP contribution in [0.25, 0.3) is 21.5 Å². The van der Waals surface area contributed by atoms with Crippen molar-refractivity contribution in [2.75, 3.05) is 11.6 Å². The van der Waals surface area contributed by atoms with Crippen molar-refractivity contribution in [2.45, 2.75) is 82.4 Å². The zero-order valence-corrected chi connectivity index (χ0v) is 29.8. The maximum Gasteiger partial charge on any atom is 0.189 e. The molecule has 0 unspecified atom stereocenters. The van der Waals surface area contributed by atoms with E-state index >= 15 is 9.59 Å². The highest BCUT2D eigenvalue weighted by atomic mass is 32.2. The van der Waals surface area contributed by atoms with E-state index in [0.29, 0.717) is 17.6 Å². The van der Waals surface area contributed by atoms with E-state index in [9.17, 15) is 5.11 Å². The number of ketones is 2. The first-order valence-corrected chi connectivity index (χ1v) is 20.2. The van der Waals surface area contributed by atoms with Crippen molar-refractivity contribution in [3.63, 3.8) is 0 Å².